The maximum atomic E-state index is 5.56. The molecule has 0 aromatic carbocycles. The van der Waals surface area contributed by atoms with Gasteiger partial charge in [-0.3, -0.25) is 4.90 Å². The number of aryl methyl sites for hydroxylation is 1. The van der Waals surface area contributed by atoms with Gasteiger partial charge in [0.2, 0.25) is 0 Å². The van der Waals surface area contributed by atoms with Gasteiger partial charge in [-0.2, -0.15) is 0 Å². The van der Waals surface area contributed by atoms with E-state index in [-0.39, 0.29) is 0 Å². The van der Waals surface area contributed by atoms with Crippen LogP contribution in [0.3, 0.4) is 0 Å². The fourth-order valence-electron chi connectivity index (χ4n) is 2.19. The predicted molar refractivity (Wildman–Crippen MR) is 60.8 cm³/mol. The highest BCUT2D eigenvalue weighted by molar-refractivity contribution is 5.05. The molecular formula is C12H20N2O. The summed E-state index contributed by atoms with van der Waals surface area (Å²) in [4.78, 5) is 2.32. The van der Waals surface area contributed by atoms with E-state index in [1.165, 1.54) is 19.4 Å². The Hall–Kier alpha value is -0.800. The van der Waals surface area contributed by atoms with Crippen molar-refractivity contribution in [2.24, 2.45) is 0 Å². The summed E-state index contributed by atoms with van der Waals surface area (Å²) in [5, 5.41) is 3.51. The Morgan fingerprint density at radius 1 is 1.53 bits per heavy atom. The monoisotopic (exact) mass is 208 g/mol. The molecule has 1 N–H and O–H groups in total. The molecule has 15 heavy (non-hydrogen) atoms. The van der Waals surface area contributed by atoms with Crippen LogP contribution in [0.15, 0.2) is 16.5 Å². The van der Waals surface area contributed by atoms with Crippen molar-refractivity contribution < 1.29 is 4.42 Å². The highest BCUT2D eigenvalue weighted by atomic mass is 16.3. The van der Waals surface area contributed by atoms with Crippen LogP contribution in [0, 0.1) is 6.92 Å². The summed E-state index contributed by atoms with van der Waals surface area (Å²) in [6.45, 7) is 5.19. The summed E-state index contributed by atoms with van der Waals surface area (Å²) in [6.07, 6.45) is 2.62. The molecular weight excluding hydrogens is 188 g/mol. The van der Waals surface area contributed by atoms with Gasteiger partial charge in [-0.1, -0.05) is 0 Å². The molecule has 2 rings (SSSR count). The van der Waals surface area contributed by atoms with E-state index in [4.69, 9.17) is 4.42 Å². The average molecular weight is 208 g/mol. The molecule has 0 radical (unpaired) electrons. The molecule has 0 bridgehead atoms. The number of likely N-dealkylation sites (N-methyl/N-ethyl adjacent to an activating group) is 1. The molecule has 1 aliphatic rings. The normalized spacial score (nSPS) is 21.4. The molecule has 1 atom stereocenters. The van der Waals surface area contributed by atoms with Crippen LogP contribution >= 0.6 is 0 Å². The molecule has 3 heteroatoms. The maximum absolute atomic E-state index is 5.56. The summed E-state index contributed by atoms with van der Waals surface area (Å²) in [7, 11) is 2.15. The zero-order chi connectivity index (χ0) is 10.7. The zero-order valence-corrected chi connectivity index (χ0v) is 9.62. The summed E-state index contributed by atoms with van der Waals surface area (Å²) in [6, 6.07) is 4.76. The third-order valence-electron chi connectivity index (χ3n) is 2.92. The van der Waals surface area contributed by atoms with Crippen LogP contribution < -0.4 is 5.32 Å². The molecule has 0 amide bonds. The molecule has 0 unspecified atom stereocenters. The van der Waals surface area contributed by atoms with Gasteiger partial charge in [0.25, 0.3) is 0 Å². The zero-order valence-electron chi connectivity index (χ0n) is 9.62. The molecule has 2 heterocycles. The van der Waals surface area contributed by atoms with Crippen LogP contribution in [0.1, 0.15) is 24.4 Å². The van der Waals surface area contributed by atoms with Crippen LogP contribution in [-0.4, -0.2) is 31.1 Å². The van der Waals surface area contributed by atoms with Gasteiger partial charge < -0.3 is 9.73 Å². The van der Waals surface area contributed by atoms with Crippen molar-refractivity contribution in [3.8, 4) is 0 Å². The second-order valence-electron chi connectivity index (χ2n) is 4.50. The molecule has 1 aliphatic heterocycles. The highest BCUT2D eigenvalue weighted by Crippen LogP contribution is 2.11. The summed E-state index contributed by atoms with van der Waals surface area (Å²) < 4.78 is 5.56. The van der Waals surface area contributed by atoms with Crippen molar-refractivity contribution in [2.75, 3.05) is 20.1 Å². The van der Waals surface area contributed by atoms with E-state index < -0.39 is 0 Å². The predicted octanol–water partition coefficient (Wildman–Crippen LogP) is 1.77. The number of nitrogens with one attached hydrogen (secondary N) is 1. The van der Waals surface area contributed by atoms with E-state index >= 15 is 0 Å². The van der Waals surface area contributed by atoms with E-state index in [0.29, 0.717) is 6.04 Å². The van der Waals surface area contributed by atoms with E-state index in [1.807, 2.05) is 13.0 Å². The lowest BCUT2D eigenvalue weighted by Gasteiger charge is -2.19. The Morgan fingerprint density at radius 3 is 3.00 bits per heavy atom. The Labute approximate surface area is 91.4 Å². The third kappa shape index (κ3) is 3.08. The van der Waals surface area contributed by atoms with Crippen LogP contribution in [0.25, 0.3) is 0 Å². The van der Waals surface area contributed by atoms with Gasteiger partial charge in [0.05, 0.1) is 6.54 Å². The lowest BCUT2D eigenvalue weighted by atomic mass is 10.2. The number of hydrogen-bond donors (Lipinski definition) is 1. The summed E-state index contributed by atoms with van der Waals surface area (Å²) in [5.74, 6) is 2.06. The molecule has 1 fully saturated rings. The Morgan fingerprint density at radius 2 is 2.40 bits per heavy atom. The average Bonchev–Trinajstić information content (AvgIpc) is 2.77. The van der Waals surface area contributed by atoms with Gasteiger partial charge in [-0.15, -0.1) is 0 Å². The van der Waals surface area contributed by atoms with Crippen LogP contribution in [0.5, 0.6) is 0 Å². The second-order valence-corrected chi connectivity index (χ2v) is 4.50. The number of furan rings is 1. The lowest BCUT2D eigenvalue weighted by molar-refractivity contribution is 0.267. The van der Waals surface area contributed by atoms with E-state index in [1.54, 1.807) is 0 Å². The van der Waals surface area contributed by atoms with Crippen molar-refractivity contribution in [1.29, 1.82) is 0 Å². The summed E-state index contributed by atoms with van der Waals surface area (Å²) >= 11 is 0. The van der Waals surface area contributed by atoms with Crippen LogP contribution in [0.4, 0.5) is 0 Å². The van der Waals surface area contributed by atoms with E-state index in [0.717, 1.165) is 24.6 Å². The molecule has 0 aliphatic carbocycles. The molecule has 1 saturated heterocycles. The van der Waals surface area contributed by atoms with Gasteiger partial charge in [0, 0.05) is 12.6 Å². The van der Waals surface area contributed by atoms with E-state index in [9.17, 15) is 0 Å². The second kappa shape index (κ2) is 4.81. The van der Waals surface area contributed by atoms with Crippen molar-refractivity contribution in [3.05, 3.63) is 23.7 Å². The SMILES string of the molecule is Cc1ccc(CN(C)C[C@H]2CCCN2)o1. The van der Waals surface area contributed by atoms with Gasteiger partial charge in [-0.05, 0) is 45.5 Å². The minimum atomic E-state index is 0.672. The van der Waals surface area contributed by atoms with Gasteiger partial charge in [-0.25, -0.2) is 0 Å². The first-order chi connectivity index (χ1) is 7.24. The molecule has 84 valence electrons. The topological polar surface area (TPSA) is 28.4 Å². The number of hydrogen-bond acceptors (Lipinski definition) is 3. The molecule has 1 aromatic heterocycles. The Balaban J connectivity index is 1.78. The van der Waals surface area contributed by atoms with Crippen molar-refractivity contribution in [2.45, 2.75) is 32.4 Å². The smallest absolute Gasteiger partial charge is 0.118 e. The lowest BCUT2D eigenvalue weighted by Crippen LogP contribution is -2.34. The number of nitrogens with zero attached hydrogens (tertiary/aromatic N) is 1. The van der Waals surface area contributed by atoms with Crippen molar-refractivity contribution in [3.63, 3.8) is 0 Å². The molecule has 0 saturated carbocycles. The van der Waals surface area contributed by atoms with E-state index in [2.05, 4.69) is 23.3 Å². The largest absolute Gasteiger partial charge is 0.465 e. The highest BCUT2D eigenvalue weighted by Gasteiger charge is 2.16. The third-order valence-corrected chi connectivity index (χ3v) is 2.92. The van der Waals surface area contributed by atoms with Gasteiger partial charge in [0.1, 0.15) is 11.5 Å². The van der Waals surface area contributed by atoms with Gasteiger partial charge in [0.15, 0.2) is 0 Å². The Bertz CT molecular complexity index is 302. The Kier molecular flexibility index (Phi) is 3.44. The first-order valence-corrected chi connectivity index (χ1v) is 5.71. The fourth-order valence-corrected chi connectivity index (χ4v) is 2.19. The maximum Gasteiger partial charge on any atom is 0.118 e. The minimum Gasteiger partial charge on any atom is -0.465 e. The molecule has 1 aromatic rings. The molecule has 0 spiro atoms. The van der Waals surface area contributed by atoms with Crippen molar-refractivity contribution >= 4 is 0 Å². The minimum absolute atomic E-state index is 0.672. The van der Waals surface area contributed by atoms with Crippen LogP contribution in [0.2, 0.25) is 0 Å². The number of rotatable bonds is 4. The fraction of sp³-hybridized carbons (Fsp3) is 0.667. The van der Waals surface area contributed by atoms with Crippen molar-refractivity contribution in [1.82, 2.24) is 10.2 Å². The quantitative estimate of drug-likeness (QED) is 0.817. The summed E-state index contributed by atoms with van der Waals surface area (Å²) in [5.41, 5.74) is 0. The van der Waals surface area contributed by atoms with Gasteiger partial charge >= 0.3 is 0 Å². The first kappa shape index (κ1) is 10.7. The van der Waals surface area contributed by atoms with Crippen LogP contribution in [-0.2, 0) is 6.54 Å². The molecule has 3 nitrogen and oxygen atoms in total. The first-order valence-electron chi connectivity index (χ1n) is 5.71. The standard InChI is InChI=1S/C12H20N2O/c1-10-5-6-12(15-10)9-14(2)8-11-4-3-7-13-11/h5-6,11,13H,3-4,7-9H2,1-2H3/t11-/m1/s1.